The highest BCUT2D eigenvalue weighted by Gasteiger charge is 2.76. The molecule has 2 saturated heterocycles. The van der Waals surface area contributed by atoms with Crippen LogP contribution in [0.25, 0.3) is 0 Å². The van der Waals surface area contributed by atoms with Crippen LogP contribution >= 0.6 is 0 Å². The SMILES string of the molecule is C[C@]12CCCC[C@@]13O[C@@H](C2=O)[C@@H]1C(=O)C=CC(=O)[C@@H]13. The molecule has 3 fully saturated rings. The first kappa shape index (κ1) is 11.5. The van der Waals surface area contributed by atoms with Crippen LogP contribution in [0, 0.1) is 17.3 Å². The average molecular weight is 260 g/mol. The van der Waals surface area contributed by atoms with Crippen molar-refractivity contribution >= 4 is 17.3 Å². The van der Waals surface area contributed by atoms with Crippen LogP contribution in [0.5, 0.6) is 0 Å². The molecule has 1 saturated carbocycles. The molecule has 0 radical (unpaired) electrons. The van der Waals surface area contributed by atoms with E-state index in [9.17, 15) is 14.4 Å². The lowest BCUT2D eigenvalue weighted by molar-refractivity contribution is -0.149. The molecule has 5 atom stereocenters. The molecule has 19 heavy (non-hydrogen) atoms. The quantitative estimate of drug-likeness (QED) is 0.657. The van der Waals surface area contributed by atoms with Crippen LogP contribution in [0.3, 0.4) is 0 Å². The average Bonchev–Trinajstić information content (AvgIpc) is 2.84. The largest absolute Gasteiger partial charge is 0.361 e. The number of rotatable bonds is 0. The van der Waals surface area contributed by atoms with Gasteiger partial charge >= 0.3 is 0 Å². The van der Waals surface area contributed by atoms with Crippen LogP contribution in [0.15, 0.2) is 12.2 Å². The van der Waals surface area contributed by atoms with Crippen LogP contribution in [-0.2, 0) is 19.1 Å². The molecule has 2 bridgehead atoms. The van der Waals surface area contributed by atoms with Crippen molar-refractivity contribution in [3.63, 3.8) is 0 Å². The molecule has 2 aliphatic heterocycles. The molecule has 100 valence electrons. The highest BCUT2D eigenvalue weighted by atomic mass is 16.5. The lowest BCUT2D eigenvalue weighted by Gasteiger charge is -2.49. The third kappa shape index (κ3) is 1.05. The number of ether oxygens (including phenoxy) is 1. The third-order valence-corrected chi connectivity index (χ3v) is 5.78. The minimum absolute atomic E-state index is 0.0345. The zero-order valence-corrected chi connectivity index (χ0v) is 10.8. The standard InChI is InChI=1S/C15H16O4/c1-14-6-2-3-7-15(14)11-9(17)5-4-8(16)10(11)12(19-15)13(14)18/h4-5,10-12H,2-3,6-7H2,1H3/t10-,11+,12-,14-,15+/m1/s1. The summed E-state index contributed by atoms with van der Waals surface area (Å²) in [6, 6.07) is 0. The van der Waals surface area contributed by atoms with Gasteiger partial charge in [0.1, 0.15) is 6.10 Å². The molecule has 2 aliphatic carbocycles. The summed E-state index contributed by atoms with van der Waals surface area (Å²) >= 11 is 0. The highest BCUT2D eigenvalue weighted by Crippen LogP contribution is 2.65. The summed E-state index contributed by atoms with van der Waals surface area (Å²) in [7, 11) is 0. The predicted octanol–water partition coefficient (Wildman–Crippen LogP) is 1.23. The first-order chi connectivity index (χ1) is 9.01. The summed E-state index contributed by atoms with van der Waals surface area (Å²) in [5, 5.41) is 0. The van der Waals surface area contributed by atoms with Gasteiger partial charge in [-0.3, -0.25) is 14.4 Å². The lowest BCUT2D eigenvalue weighted by Crippen LogP contribution is -2.61. The molecule has 0 aromatic carbocycles. The fraction of sp³-hybridized carbons (Fsp3) is 0.667. The van der Waals surface area contributed by atoms with E-state index < -0.39 is 29.0 Å². The van der Waals surface area contributed by atoms with E-state index in [4.69, 9.17) is 4.74 Å². The van der Waals surface area contributed by atoms with Crippen LogP contribution in [0.4, 0.5) is 0 Å². The maximum Gasteiger partial charge on any atom is 0.171 e. The molecule has 0 N–H and O–H groups in total. The molecule has 4 rings (SSSR count). The Kier molecular flexibility index (Phi) is 1.96. The van der Waals surface area contributed by atoms with E-state index in [1.807, 2.05) is 6.92 Å². The molecule has 0 amide bonds. The topological polar surface area (TPSA) is 60.4 Å². The van der Waals surface area contributed by atoms with Gasteiger partial charge in [0.25, 0.3) is 0 Å². The van der Waals surface area contributed by atoms with E-state index in [1.54, 1.807) is 0 Å². The monoisotopic (exact) mass is 260 g/mol. The van der Waals surface area contributed by atoms with Gasteiger partial charge in [-0.05, 0) is 31.9 Å². The summed E-state index contributed by atoms with van der Waals surface area (Å²) in [5.41, 5.74) is -1.28. The van der Waals surface area contributed by atoms with E-state index in [2.05, 4.69) is 0 Å². The summed E-state index contributed by atoms with van der Waals surface area (Å²) in [5.74, 6) is -1.10. The summed E-state index contributed by atoms with van der Waals surface area (Å²) in [6.07, 6.45) is 5.46. The number of hydrogen-bond donors (Lipinski definition) is 0. The number of ketones is 3. The second-order valence-corrected chi connectivity index (χ2v) is 6.47. The lowest BCUT2D eigenvalue weighted by atomic mass is 9.50. The Bertz CT molecular complexity index is 548. The molecule has 4 heteroatoms. The van der Waals surface area contributed by atoms with Gasteiger partial charge < -0.3 is 4.74 Å². The minimum Gasteiger partial charge on any atom is -0.361 e. The maximum absolute atomic E-state index is 12.6. The number of carbonyl (C=O) groups excluding carboxylic acids is 3. The van der Waals surface area contributed by atoms with Gasteiger partial charge in [-0.2, -0.15) is 0 Å². The molecule has 0 unspecified atom stereocenters. The molecular formula is C15H16O4. The third-order valence-electron chi connectivity index (χ3n) is 5.78. The molecule has 0 aromatic rings. The normalized spacial score (nSPS) is 51.4. The number of allylic oxidation sites excluding steroid dienone is 2. The second kappa shape index (κ2) is 3.23. The van der Waals surface area contributed by atoms with Crippen molar-refractivity contribution in [2.45, 2.75) is 44.3 Å². The molecule has 4 aliphatic rings. The highest BCUT2D eigenvalue weighted by molar-refractivity contribution is 6.13. The minimum atomic E-state index is -0.713. The summed E-state index contributed by atoms with van der Waals surface area (Å²) in [6.45, 7) is 1.93. The van der Waals surface area contributed by atoms with E-state index in [1.165, 1.54) is 12.2 Å². The van der Waals surface area contributed by atoms with Gasteiger partial charge in [0.2, 0.25) is 0 Å². The van der Waals surface area contributed by atoms with Gasteiger partial charge in [-0.15, -0.1) is 0 Å². The fourth-order valence-electron chi connectivity index (χ4n) is 4.84. The number of carbonyl (C=O) groups is 3. The zero-order chi connectivity index (χ0) is 13.4. The molecule has 4 nitrogen and oxygen atoms in total. The van der Waals surface area contributed by atoms with Crippen molar-refractivity contribution in [3.05, 3.63) is 12.2 Å². The van der Waals surface area contributed by atoms with Crippen molar-refractivity contribution in [1.82, 2.24) is 0 Å². The van der Waals surface area contributed by atoms with Gasteiger partial charge in [0.05, 0.1) is 22.9 Å². The summed E-state index contributed by atoms with van der Waals surface area (Å²) in [4.78, 5) is 37.0. The Morgan fingerprint density at radius 1 is 1.11 bits per heavy atom. The van der Waals surface area contributed by atoms with E-state index >= 15 is 0 Å². The van der Waals surface area contributed by atoms with Crippen molar-refractivity contribution in [3.8, 4) is 0 Å². The number of hydrogen-bond acceptors (Lipinski definition) is 4. The van der Waals surface area contributed by atoms with Crippen LogP contribution in [0.2, 0.25) is 0 Å². The van der Waals surface area contributed by atoms with Crippen molar-refractivity contribution in [1.29, 1.82) is 0 Å². The van der Waals surface area contributed by atoms with Crippen molar-refractivity contribution in [2.24, 2.45) is 17.3 Å². The van der Waals surface area contributed by atoms with Crippen molar-refractivity contribution < 1.29 is 19.1 Å². The molecule has 0 aromatic heterocycles. The second-order valence-electron chi connectivity index (χ2n) is 6.47. The van der Waals surface area contributed by atoms with Crippen LogP contribution in [0.1, 0.15) is 32.6 Å². The van der Waals surface area contributed by atoms with Crippen LogP contribution in [-0.4, -0.2) is 29.1 Å². The molecule has 1 spiro atoms. The Morgan fingerprint density at radius 2 is 1.79 bits per heavy atom. The van der Waals surface area contributed by atoms with E-state index in [0.29, 0.717) is 0 Å². The predicted molar refractivity (Wildman–Crippen MR) is 65.3 cm³/mol. The van der Waals surface area contributed by atoms with Crippen LogP contribution < -0.4 is 0 Å². The maximum atomic E-state index is 12.6. The Hall–Kier alpha value is -1.29. The van der Waals surface area contributed by atoms with Gasteiger partial charge in [-0.1, -0.05) is 12.8 Å². The first-order valence-electron chi connectivity index (χ1n) is 6.99. The number of fused-ring (bicyclic) bond motifs is 3. The Morgan fingerprint density at radius 3 is 2.58 bits per heavy atom. The first-order valence-corrected chi connectivity index (χ1v) is 6.99. The van der Waals surface area contributed by atoms with Gasteiger partial charge in [0, 0.05) is 0 Å². The van der Waals surface area contributed by atoms with E-state index in [0.717, 1.165) is 25.7 Å². The molecule has 2 heterocycles. The fourth-order valence-corrected chi connectivity index (χ4v) is 4.84. The Labute approximate surface area is 111 Å². The van der Waals surface area contributed by atoms with Gasteiger partial charge in [0.15, 0.2) is 17.3 Å². The summed E-state index contributed by atoms with van der Waals surface area (Å²) < 4.78 is 6.04. The van der Waals surface area contributed by atoms with Gasteiger partial charge in [-0.25, -0.2) is 0 Å². The Balaban J connectivity index is 1.92. The number of Topliss-reactive ketones (excluding diaryl/α,β-unsaturated/α-hetero) is 1. The van der Waals surface area contributed by atoms with Crippen molar-refractivity contribution in [2.75, 3.05) is 0 Å². The van der Waals surface area contributed by atoms with E-state index in [-0.39, 0.29) is 17.3 Å². The smallest absolute Gasteiger partial charge is 0.171 e. The zero-order valence-electron chi connectivity index (χ0n) is 10.8. The molecular weight excluding hydrogens is 244 g/mol.